The van der Waals surface area contributed by atoms with Crippen molar-refractivity contribution in [3.05, 3.63) is 22.2 Å². The van der Waals surface area contributed by atoms with E-state index in [4.69, 9.17) is 4.74 Å². The lowest BCUT2D eigenvalue weighted by atomic mass is 9.89. The van der Waals surface area contributed by atoms with Crippen molar-refractivity contribution in [3.63, 3.8) is 0 Å². The highest BCUT2D eigenvalue weighted by atomic mass is 79.9. The lowest BCUT2D eigenvalue weighted by Gasteiger charge is -2.24. The van der Waals surface area contributed by atoms with Crippen LogP contribution in [0.3, 0.4) is 0 Å². The molecule has 0 radical (unpaired) electrons. The molecule has 0 atom stereocenters. The highest BCUT2D eigenvalue weighted by Gasteiger charge is 2.21. The van der Waals surface area contributed by atoms with E-state index in [1.807, 2.05) is 12.1 Å². The summed E-state index contributed by atoms with van der Waals surface area (Å²) in [6.07, 6.45) is 2.14. The monoisotopic (exact) mass is 285 g/mol. The third-order valence-electron chi connectivity index (χ3n) is 3.10. The van der Waals surface area contributed by atoms with E-state index >= 15 is 0 Å². The van der Waals surface area contributed by atoms with Gasteiger partial charge in [0.2, 0.25) is 0 Å². The average Bonchev–Trinajstić information content (AvgIpc) is 2.31. The molecule has 4 heteroatoms. The molecule has 88 valence electrons. The van der Waals surface area contributed by atoms with Crippen molar-refractivity contribution < 1.29 is 9.84 Å². The zero-order valence-corrected chi connectivity index (χ0v) is 10.9. The number of aromatic hydroxyl groups is 1. The molecule has 1 fully saturated rings. The van der Waals surface area contributed by atoms with Gasteiger partial charge in [-0.3, -0.25) is 0 Å². The zero-order valence-electron chi connectivity index (χ0n) is 9.29. The van der Waals surface area contributed by atoms with Crippen LogP contribution in [0.5, 0.6) is 11.5 Å². The summed E-state index contributed by atoms with van der Waals surface area (Å²) in [4.78, 5) is 0. The van der Waals surface area contributed by atoms with E-state index in [-0.39, 0.29) is 5.75 Å². The second kappa shape index (κ2) is 5.06. The van der Waals surface area contributed by atoms with Gasteiger partial charge in [-0.05, 0) is 53.8 Å². The topological polar surface area (TPSA) is 41.5 Å². The number of piperidine rings is 1. The summed E-state index contributed by atoms with van der Waals surface area (Å²) in [5.74, 6) is 1.25. The maximum absolute atomic E-state index is 10.1. The SMILES string of the molecule is COc1c(Br)ccc(C2CCNCC2)c1O. The third-order valence-corrected chi connectivity index (χ3v) is 3.72. The van der Waals surface area contributed by atoms with Crippen LogP contribution < -0.4 is 10.1 Å². The number of hydrogen-bond acceptors (Lipinski definition) is 3. The van der Waals surface area contributed by atoms with Gasteiger partial charge >= 0.3 is 0 Å². The molecule has 2 N–H and O–H groups in total. The second-order valence-electron chi connectivity index (χ2n) is 4.04. The first-order valence-electron chi connectivity index (χ1n) is 5.50. The zero-order chi connectivity index (χ0) is 11.5. The molecular weight excluding hydrogens is 270 g/mol. The molecule has 1 saturated heterocycles. The maximum atomic E-state index is 10.1. The van der Waals surface area contributed by atoms with Crippen LogP contribution in [0.4, 0.5) is 0 Å². The normalized spacial score (nSPS) is 17.4. The summed E-state index contributed by atoms with van der Waals surface area (Å²) in [6.45, 7) is 2.03. The van der Waals surface area contributed by atoms with Gasteiger partial charge in [0.15, 0.2) is 11.5 Å². The average molecular weight is 286 g/mol. The number of phenolic OH excluding ortho intramolecular Hbond substituents is 1. The molecule has 1 aromatic carbocycles. The van der Waals surface area contributed by atoms with Crippen molar-refractivity contribution in [2.45, 2.75) is 18.8 Å². The molecule has 0 spiro atoms. The van der Waals surface area contributed by atoms with Crippen molar-refractivity contribution in [3.8, 4) is 11.5 Å². The minimum Gasteiger partial charge on any atom is -0.504 e. The fourth-order valence-corrected chi connectivity index (χ4v) is 2.70. The number of hydrogen-bond donors (Lipinski definition) is 2. The summed E-state index contributed by atoms with van der Waals surface area (Å²) in [7, 11) is 1.58. The van der Waals surface area contributed by atoms with E-state index in [2.05, 4.69) is 21.2 Å². The molecule has 0 unspecified atom stereocenters. The largest absolute Gasteiger partial charge is 0.504 e. The molecule has 16 heavy (non-hydrogen) atoms. The molecule has 1 aliphatic heterocycles. The van der Waals surface area contributed by atoms with Gasteiger partial charge in [-0.25, -0.2) is 0 Å². The van der Waals surface area contributed by atoms with Gasteiger partial charge in [0.05, 0.1) is 11.6 Å². The van der Waals surface area contributed by atoms with Gasteiger partial charge in [0.25, 0.3) is 0 Å². The molecule has 2 rings (SSSR count). The first-order chi connectivity index (χ1) is 7.74. The quantitative estimate of drug-likeness (QED) is 0.878. The number of rotatable bonds is 2. The highest BCUT2D eigenvalue weighted by Crippen LogP contribution is 2.42. The second-order valence-corrected chi connectivity index (χ2v) is 4.90. The Morgan fingerprint density at radius 2 is 2.06 bits per heavy atom. The summed E-state index contributed by atoms with van der Waals surface area (Å²) < 4.78 is 5.99. The summed E-state index contributed by atoms with van der Waals surface area (Å²) in [6, 6.07) is 3.92. The number of methoxy groups -OCH3 is 1. The number of nitrogens with one attached hydrogen (secondary N) is 1. The van der Waals surface area contributed by atoms with E-state index < -0.39 is 0 Å². The Kier molecular flexibility index (Phi) is 3.71. The van der Waals surface area contributed by atoms with E-state index in [0.717, 1.165) is 36.0 Å². The Morgan fingerprint density at radius 3 is 2.69 bits per heavy atom. The highest BCUT2D eigenvalue weighted by molar-refractivity contribution is 9.10. The fourth-order valence-electron chi connectivity index (χ4n) is 2.22. The first-order valence-corrected chi connectivity index (χ1v) is 6.29. The third kappa shape index (κ3) is 2.18. The van der Waals surface area contributed by atoms with Crippen molar-refractivity contribution in [1.29, 1.82) is 0 Å². The molecule has 0 aromatic heterocycles. The molecule has 0 aliphatic carbocycles. The van der Waals surface area contributed by atoms with Crippen LogP contribution in [-0.2, 0) is 0 Å². The van der Waals surface area contributed by atoms with Crippen LogP contribution in [0.15, 0.2) is 16.6 Å². The summed E-state index contributed by atoms with van der Waals surface area (Å²) in [5, 5.41) is 13.5. The lowest BCUT2D eigenvalue weighted by Crippen LogP contribution is -2.26. The molecule has 1 aliphatic rings. The Balaban J connectivity index is 2.33. The van der Waals surface area contributed by atoms with Crippen LogP contribution in [0.1, 0.15) is 24.3 Å². The van der Waals surface area contributed by atoms with E-state index in [0.29, 0.717) is 11.7 Å². The van der Waals surface area contributed by atoms with Gasteiger partial charge in [0.1, 0.15) is 0 Å². The maximum Gasteiger partial charge on any atom is 0.174 e. The van der Waals surface area contributed by atoms with E-state index in [9.17, 15) is 5.11 Å². The standard InChI is InChI=1S/C12H16BrNO2/c1-16-12-10(13)3-2-9(11(12)15)8-4-6-14-7-5-8/h2-3,8,14-15H,4-7H2,1H3. The first kappa shape index (κ1) is 11.7. The van der Waals surface area contributed by atoms with Crippen LogP contribution in [0.25, 0.3) is 0 Å². The molecule has 0 saturated carbocycles. The Morgan fingerprint density at radius 1 is 1.38 bits per heavy atom. The predicted octanol–water partition coefficient (Wildman–Crippen LogP) is 2.63. The number of ether oxygens (including phenoxy) is 1. The number of benzene rings is 1. The van der Waals surface area contributed by atoms with Crippen LogP contribution in [-0.4, -0.2) is 25.3 Å². The molecule has 0 bridgehead atoms. The van der Waals surface area contributed by atoms with Crippen molar-refractivity contribution in [2.24, 2.45) is 0 Å². The van der Waals surface area contributed by atoms with Crippen LogP contribution in [0.2, 0.25) is 0 Å². The van der Waals surface area contributed by atoms with Gasteiger partial charge in [0, 0.05) is 5.56 Å². The van der Waals surface area contributed by atoms with Crippen molar-refractivity contribution >= 4 is 15.9 Å². The summed E-state index contributed by atoms with van der Waals surface area (Å²) in [5.41, 5.74) is 1.00. The van der Waals surface area contributed by atoms with Crippen LogP contribution in [0, 0.1) is 0 Å². The Hall–Kier alpha value is -0.740. The molecule has 1 heterocycles. The molecule has 0 amide bonds. The summed E-state index contributed by atoms with van der Waals surface area (Å²) >= 11 is 3.37. The van der Waals surface area contributed by atoms with Crippen molar-refractivity contribution in [2.75, 3.05) is 20.2 Å². The predicted molar refractivity (Wildman–Crippen MR) is 67.2 cm³/mol. The fraction of sp³-hybridized carbons (Fsp3) is 0.500. The Labute approximate surface area is 104 Å². The van der Waals surface area contributed by atoms with Gasteiger partial charge in [-0.2, -0.15) is 0 Å². The van der Waals surface area contributed by atoms with E-state index in [1.54, 1.807) is 7.11 Å². The molecular formula is C12H16BrNO2. The Bertz CT molecular complexity index is 376. The van der Waals surface area contributed by atoms with Crippen LogP contribution >= 0.6 is 15.9 Å². The minimum absolute atomic E-state index is 0.281. The van der Waals surface area contributed by atoms with Gasteiger partial charge in [-0.15, -0.1) is 0 Å². The molecule has 1 aromatic rings. The molecule has 3 nitrogen and oxygen atoms in total. The number of phenols is 1. The minimum atomic E-state index is 0.281. The van der Waals surface area contributed by atoms with E-state index in [1.165, 1.54) is 0 Å². The number of halogens is 1. The van der Waals surface area contributed by atoms with Gasteiger partial charge in [-0.1, -0.05) is 6.07 Å². The van der Waals surface area contributed by atoms with Gasteiger partial charge < -0.3 is 15.2 Å². The lowest BCUT2D eigenvalue weighted by molar-refractivity contribution is 0.360. The van der Waals surface area contributed by atoms with Crippen molar-refractivity contribution in [1.82, 2.24) is 5.32 Å². The smallest absolute Gasteiger partial charge is 0.174 e.